The lowest BCUT2D eigenvalue weighted by Gasteiger charge is -2.28. The second-order valence-corrected chi connectivity index (χ2v) is 10.9. The summed E-state index contributed by atoms with van der Waals surface area (Å²) in [4.78, 5) is 40.8. The first-order chi connectivity index (χ1) is 20.8. The number of carbonyl (C=O) groups excluding carboxylic acids is 3. The van der Waals surface area contributed by atoms with Gasteiger partial charge in [-0.15, -0.1) is 0 Å². The van der Waals surface area contributed by atoms with Gasteiger partial charge in [0.15, 0.2) is 6.10 Å². The number of nitrogens with one attached hydrogen (secondary N) is 1. The maximum atomic E-state index is 13.6. The van der Waals surface area contributed by atoms with Crippen molar-refractivity contribution in [2.75, 3.05) is 13.1 Å². The molecule has 224 valence electrons. The molecule has 0 saturated carbocycles. The van der Waals surface area contributed by atoms with E-state index in [1.165, 1.54) is 4.90 Å². The van der Waals surface area contributed by atoms with E-state index in [0.29, 0.717) is 0 Å². The third-order valence-electron chi connectivity index (χ3n) is 6.82. The Kier molecular flexibility index (Phi) is 11.3. The molecule has 4 aromatic carbocycles. The molecule has 43 heavy (non-hydrogen) atoms. The number of hydrogen-bond donors (Lipinski definition) is 2. The monoisotopic (exact) mass is 582 g/mol. The molecule has 0 radical (unpaired) electrons. The van der Waals surface area contributed by atoms with Gasteiger partial charge in [0, 0.05) is 13.0 Å². The van der Waals surface area contributed by atoms with Crippen molar-refractivity contribution in [1.29, 1.82) is 0 Å². The fraction of sp³-hybridized carbons (Fsp3) is 0.286. The minimum atomic E-state index is -1.56. The van der Waals surface area contributed by atoms with Crippen LogP contribution in [0.2, 0.25) is 0 Å². The molecule has 0 heterocycles. The van der Waals surface area contributed by atoms with E-state index in [0.717, 1.165) is 27.5 Å². The van der Waals surface area contributed by atoms with E-state index in [1.807, 2.05) is 117 Å². The highest BCUT2D eigenvalue weighted by atomic mass is 16.5. The van der Waals surface area contributed by atoms with Crippen LogP contribution in [0, 0.1) is 5.92 Å². The second-order valence-electron chi connectivity index (χ2n) is 10.9. The van der Waals surface area contributed by atoms with Crippen LogP contribution >= 0.6 is 0 Å². The molecule has 0 fully saturated rings. The summed E-state index contributed by atoms with van der Waals surface area (Å²) >= 11 is 0. The number of esters is 2. The molecule has 2 N–H and O–H groups in total. The van der Waals surface area contributed by atoms with Crippen molar-refractivity contribution >= 4 is 28.7 Å². The molecule has 4 aromatic rings. The lowest BCUT2D eigenvalue weighted by molar-refractivity contribution is -0.155. The number of carbonyl (C=O) groups is 3. The summed E-state index contributed by atoms with van der Waals surface area (Å²) in [7, 11) is 0. The first-order valence-corrected chi connectivity index (χ1v) is 14.4. The van der Waals surface area contributed by atoms with E-state index in [1.54, 1.807) is 0 Å². The normalized spacial score (nSPS) is 12.4. The highest BCUT2D eigenvalue weighted by Crippen LogP contribution is 2.18. The Balaban J connectivity index is 1.47. The average molecular weight is 583 g/mol. The van der Waals surface area contributed by atoms with Gasteiger partial charge in [0.2, 0.25) is 0 Å². The van der Waals surface area contributed by atoms with Gasteiger partial charge in [-0.25, -0.2) is 14.4 Å². The fourth-order valence-electron chi connectivity index (χ4n) is 4.65. The van der Waals surface area contributed by atoms with Crippen molar-refractivity contribution in [2.24, 2.45) is 5.92 Å². The van der Waals surface area contributed by atoms with E-state index in [-0.39, 0.29) is 38.6 Å². The Morgan fingerprint density at radius 2 is 1.26 bits per heavy atom. The molecule has 0 aliphatic rings. The largest absolute Gasteiger partial charge is 0.459 e. The number of rotatable bonds is 13. The molecule has 2 atom stereocenters. The van der Waals surface area contributed by atoms with Gasteiger partial charge in [0.1, 0.15) is 19.3 Å². The Morgan fingerprint density at radius 3 is 1.86 bits per heavy atom. The van der Waals surface area contributed by atoms with Crippen molar-refractivity contribution in [1.82, 2.24) is 10.2 Å². The Labute approximate surface area is 252 Å². The SMILES string of the molecule is CC(C)CN(C[C@H](O)C(=O)OCc1ccccc1)C(=O)N[C@@H](Cc1ccc2ccccc2c1)C(=O)OCc1ccccc1. The molecule has 8 heteroatoms. The predicted molar refractivity (Wildman–Crippen MR) is 165 cm³/mol. The summed E-state index contributed by atoms with van der Waals surface area (Å²) < 4.78 is 10.9. The molecule has 4 rings (SSSR count). The van der Waals surface area contributed by atoms with Gasteiger partial charge in [-0.3, -0.25) is 0 Å². The molecule has 0 saturated heterocycles. The van der Waals surface area contributed by atoms with Crippen LogP contribution < -0.4 is 5.32 Å². The molecule has 2 amide bonds. The van der Waals surface area contributed by atoms with Gasteiger partial charge < -0.3 is 24.8 Å². The van der Waals surface area contributed by atoms with Crippen molar-refractivity contribution in [3.05, 3.63) is 120 Å². The highest BCUT2D eigenvalue weighted by molar-refractivity contribution is 5.86. The molecule has 0 spiro atoms. The summed E-state index contributed by atoms with van der Waals surface area (Å²) in [5.41, 5.74) is 2.45. The first kappa shape index (κ1) is 31.3. The molecule has 0 aliphatic carbocycles. The van der Waals surface area contributed by atoms with Crippen LogP contribution in [0.4, 0.5) is 4.79 Å². The summed E-state index contributed by atoms with van der Waals surface area (Å²) in [5, 5.41) is 15.5. The smallest absolute Gasteiger partial charge is 0.337 e. The topological polar surface area (TPSA) is 105 Å². The van der Waals surface area contributed by atoms with Crippen LogP contribution in [0.1, 0.15) is 30.5 Å². The number of benzene rings is 4. The van der Waals surface area contributed by atoms with Gasteiger partial charge in [0.05, 0.1) is 6.54 Å². The Hall–Kier alpha value is -4.69. The van der Waals surface area contributed by atoms with Crippen LogP contribution in [0.3, 0.4) is 0 Å². The Bertz CT molecular complexity index is 1490. The maximum absolute atomic E-state index is 13.6. The van der Waals surface area contributed by atoms with E-state index >= 15 is 0 Å². The van der Waals surface area contributed by atoms with Crippen molar-refractivity contribution < 1.29 is 29.0 Å². The Morgan fingerprint density at radius 1 is 0.698 bits per heavy atom. The van der Waals surface area contributed by atoms with Gasteiger partial charge in [-0.2, -0.15) is 0 Å². The number of ether oxygens (including phenoxy) is 2. The summed E-state index contributed by atoms with van der Waals surface area (Å²) in [6.45, 7) is 3.86. The van der Waals surface area contributed by atoms with Gasteiger partial charge >= 0.3 is 18.0 Å². The number of amides is 2. The number of aliphatic hydroxyl groups excluding tert-OH is 1. The molecular weight excluding hydrogens is 544 g/mol. The van der Waals surface area contributed by atoms with Crippen molar-refractivity contribution in [2.45, 2.75) is 45.6 Å². The maximum Gasteiger partial charge on any atom is 0.337 e. The van der Waals surface area contributed by atoms with Crippen LogP contribution in [-0.4, -0.2) is 53.2 Å². The van der Waals surface area contributed by atoms with E-state index in [2.05, 4.69) is 5.32 Å². The van der Waals surface area contributed by atoms with Gasteiger partial charge in [0.25, 0.3) is 0 Å². The summed E-state index contributed by atoms with van der Waals surface area (Å²) in [5.74, 6) is -1.39. The lowest BCUT2D eigenvalue weighted by Crippen LogP contribution is -2.52. The van der Waals surface area contributed by atoms with Gasteiger partial charge in [-0.1, -0.05) is 117 Å². The number of fused-ring (bicyclic) bond motifs is 1. The minimum absolute atomic E-state index is 0.00813. The average Bonchev–Trinajstić information content (AvgIpc) is 3.02. The fourth-order valence-corrected chi connectivity index (χ4v) is 4.65. The number of urea groups is 1. The third-order valence-corrected chi connectivity index (χ3v) is 6.82. The van der Waals surface area contributed by atoms with E-state index in [4.69, 9.17) is 9.47 Å². The standard InChI is InChI=1S/C35H38N2O6/c1-25(2)21-37(22-32(38)34(40)43-24-27-13-7-4-8-14-27)35(41)36-31(33(39)42-23-26-11-5-3-6-12-26)20-28-17-18-29-15-9-10-16-30(29)19-28/h3-19,25,31-32,38H,20-24H2,1-2H3,(H,36,41)/t31-,32-/m0/s1. The first-order valence-electron chi connectivity index (χ1n) is 14.4. The van der Waals surface area contributed by atoms with Crippen molar-refractivity contribution in [3.63, 3.8) is 0 Å². The van der Waals surface area contributed by atoms with Crippen LogP contribution in [0.5, 0.6) is 0 Å². The zero-order valence-corrected chi connectivity index (χ0v) is 24.5. The molecule has 0 bridgehead atoms. The number of aliphatic hydroxyl groups is 1. The number of nitrogens with zero attached hydrogens (tertiary/aromatic N) is 1. The summed E-state index contributed by atoms with van der Waals surface area (Å²) in [6, 6.07) is 30.6. The molecule has 0 unspecified atom stereocenters. The third kappa shape index (κ3) is 9.68. The quantitative estimate of drug-likeness (QED) is 0.208. The summed E-state index contributed by atoms with van der Waals surface area (Å²) in [6.07, 6.45) is -1.36. The highest BCUT2D eigenvalue weighted by Gasteiger charge is 2.29. The van der Waals surface area contributed by atoms with Crippen LogP contribution in [0.15, 0.2) is 103 Å². The molecule has 8 nitrogen and oxygen atoms in total. The number of hydrogen-bond acceptors (Lipinski definition) is 6. The van der Waals surface area contributed by atoms with E-state index in [9.17, 15) is 19.5 Å². The molecule has 0 aromatic heterocycles. The zero-order valence-electron chi connectivity index (χ0n) is 24.5. The zero-order chi connectivity index (χ0) is 30.6. The minimum Gasteiger partial charge on any atom is -0.459 e. The van der Waals surface area contributed by atoms with Crippen molar-refractivity contribution in [3.8, 4) is 0 Å². The molecule has 0 aliphatic heterocycles. The van der Waals surface area contributed by atoms with Crippen LogP contribution in [-0.2, 0) is 38.7 Å². The van der Waals surface area contributed by atoms with Crippen LogP contribution in [0.25, 0.3) is 10.8 Å². The second kappa shape index (κ2) is 15.5. The van der Waals surface area contributed by atoms with Gasteiger partial charge in [-0.05, 0) is 33.4 Å². The predicted octanol–water partition coefficient (Wildman–Crippen LogP) is 5.27. The molecular formula is C35H38N2O6. The van der Waals surface area contributed by atoms with E-state index < -0.39 is 30.1 Å². The lowest BCUT2D eigenvalue weighted by atomic mass is 10.0.